The number of likely N-dealkylation sites (tertiary alicyclic amines) is 1. The van der Waals surface area contributed by atoms with E-state index in [0.717, 1.165) is 38.8 Å². The number of benzene rings is 2. The summed E-state index contributed by atoms with van der Waals surface area (Å²) >= 11 is 0. The number of carbonyl (C=O) groups excluding carboxylic acids is 1. The number of rotatable bonds is 4. The van der Waals surface area contributed by atoms with Crippen LogP contribution >= 0.6 is 0 Å². The average Bonchev–Trinajstić information content (AvgIpc) is 3.34. The highest BCUT2D eigenvalue weighted by Crippen LogP contribution is 2.67. The first-order valence-corrected chi connectivity index (χ1v) is 12.6. The van der Waals surface area contributed by atoms with Gasteiger partial charge in [0.2, 0.25) is 0 Å². The molecule has 2 aromatic carbocycles. The number of methoxy groups -OCH3 is 1. The van der Waals surface area contributed by atoms with Gasteiger partial charge in [-0.1, -0.05) is 60.7 Å². The van der Waals surface area contributed by atoms with E-state index in [2.05, 4.69) is 65.6 Å². The topological polar surface area (TPSA) is 29.5 Å². The Morgan fingerprint density at radius 1 is 1.00 bits per heavy atom. The van der Waals surface area contributed by atoms with Crippen LogP contribution in [-0.2, 0) is 9.53 Å². The van der Waals surface area contributed by atoms with E-state index < -0.39 is 0 Å². The summed E-state index contributed by atoms with van der Waals surface area (Å²) in [5, 5.41) is 0. The fourth-order valence-corrected chi connectivity index (χ4v) is 8.41. The number of ether oxygens (including phenoxy) is 1. The van der Waals surface area contributed by atoms with Crippen LogP contribution in [0.15, 0.2) is 60.7 Å². The molecule has 1 unspecified atom stereocenters. The lowest BCUT2D eigenvalue weighted by Gasteiger charge is -2.42. The third kappa shape index (κ3) is 3.04. The number of piperidine rings is 1. The third-order valence-corrected chi connectivity index (χ3v) is 9.50. The molecule has 1 heterocycles. The monoisotopic (exact) mass is 429 g/mol. The summed E-state index contributed by atoms with van der Waals surface area (Å²) in [5.74, 6) is 2.81. The minimum absolute atomic E-state index is 0.0841. The largest absolute Gasteiger partial charge is 0.381 e. The van der Waals surface area contributed by atoms with Gasteiger partial charge < -0.3 is 4.74 Å². The van der Waals surface area contributed by atoms with E-state index in [0.29, 0.717) is 29.5 Å². The van der Waals surface area contributed by atoms with Gasteiger partial charge in [0.25, 0.3) is 0 Å². The molecule has 3 saturated carbocycles. The molecule has 0 radical (unpaired) electrons. The van der Waals surface area contributed by atoms with E-state index >= 15 is 0 Å². The molecule has 4 aliphatic rings. The molecule has 0 bridgehead atoms. The van der Waals surface area contributed by atoms with Crippen molar-refractivity contribution in [3.05, 3.63) is 71.8 Å². The van der Waals surface area contributed by atoms with E-state index in [4.69, 9.17) is 4.74 Å². The molecule has 32 heavy (non-hydrogen) atoms. The van der Waals surface area contributed by atoms with Crippen LogP contribution < -0.4 is 0 Å². The minimum Gasteiger partial charge on any atom is -0.381 e. The van der Waals surface area contributed by atoms with Crippen molar-refractivity contribution in [1.82, 2.24) is 4.90 Å². The van der Waals surface area contributed by atoms with Gasteiger partial charge >= 0.3 is 0 Å². The highest BCUT2D eigenvalue weighted by atomic mass is 16.5. The van der Waals surface area contributed by atoms with E-state index in [1.807, 2.05) is 7.11 Å². The molecule has 4 fully saturated rings. The number of nitrogens with zero attached hydrogens (tertiary/aromatic N) is 1. The number of Topliss-reactive ketones (excluding diaryl/α,β-unsaturated/α-hetero) is 1. The Morgan fingerprint density at radius 3 is 2.34 bits per heavy atom. The standard InChI is InChI=1S/C29H35NO2/c1-32-25-17-23-13-8-14-26(31)29(23)18-22-19-30(16-15-24(22)27(25)29)28(20-9-4-2-5-10-20)21-11-6-3-7-12-21/h2-7,9-12,22-25,27-28H,8,13-19H2,1H3/t22-,23+,24+,25?,27+,29-/m1/s1. The summed E-state index contributed by atoms with van der Waals surface area (Å²) in [6, 6.07) is 22.2. The Labute approximate surface area is 192 Å². The summed E-state index contributed by atoms with van der Waals surface area (Å²) < 4.78 is 6.06. The van der Waals surface area contributed by atoms with Crippen LogP contribution in [0.3, 0.4) is 0 Å². The molecule has 3 heteroatoms. The van der Waals surface area contributed by atoms with Gasteiger partial charge in [0.1, 0.15) is 5.78 Å². The Kier molecular flexibility index (Phi) is 5.23. The van der Waals surface area contributed by atoms with Gasteiger partial charge in [0.15, 0.2) is 0 Å². The van der Waals surface area contributed by atoms with Crippen LogP contribution in [0, 0.1) is 29.1 Å². The number of hydrogen-bond donors (Lipinski definition) is 0. The van der Waals surface area contributed by atoms with Crippen LogP contribution in [0.25, 0.3) is 0 Å². The lowest BCUT2D eigenvalue weighted by molar-refractivity contribution is -0.136. The molecule has 168 valence electrons. The van der Waals surface area contributed by atoms with Crippen molar-refractivity contribution in [1.29, 1.82) is 0 Å². The van der Waals surface area contributed by atoms with Crippen LogP contribution in [0.1, 0.15) is 55.7 Å². The third-order valence-electron chi connectivity index (χ3n) is 9.50. The molecule has 6 rings (SSSR count). The molecule has 6 atom stereocenters. The van der Waals surface area contributed by atoms with Crippen molar-refractivity contribution in [2.45, 2.75) is 50.7 Å². The second kappa shape index (κ2) is 8.11. The predicted molar refractivity (Wildman–Crippen MR) is 126 cm³/mol. The van der Waals surface area contributed by atoms with Gasteiger partial charge in [0.05, 0.1) is 12.1 Å². The fourth-order valence-electron chi connectivity index (χ4n) is 8.41. The molecule has 1 aliphatic heterocycles. The predicted octanol–water partition coefficient (Wildman–Crippen LogP) is 5.51. The molecule has 0 amide bonds. The zero-order valence-electron chi connectivity index (χ0n) is 19.2. The summed E-state index contributed by atoms with van der Waals surface area (Å²) in [6.07, 6.45) is 6.77. The second-order valence-corrected chi connectivity index (χ2v) is 10.7. The van der Waals surface area contributed by atoms with Gasteiger partial charge in [-0.15, -0.1) is 0 Å². The minimum atomic E-state index is -0.0841. The van der Waals surface area contributed by atoms with E-state index in [1.165, 1.54) is 24.0 Å². The smallest absolute Gasteiger partial charge is 0.139 e. The normalized spacial score (nSPS) is 36.7. The van der Waals surface area contributed by atoms with Crippen LogP contribution in [0.5, 0.6) is 0 Å². The zero-order valence-corrected chi connectivity index (χ0v) is 19.2. The summed E-state index contributed by atoms with van der Waals surface area (Å²) in [5.41, 5.74) is 2.66. The number of fused-ring (bicyclic) bond motifs is 2. The molecule has 3 aliphatic carbocycles. The Bertz CT molecular complexity index is 920. The number of carbonyl (C=O) groups is 1. The highest BCUT2D eigenvalue weighted by Gasteiger charge is 2.67. The van der Waals surface area contributed by atoms with Crippen molar-refractivity contribution in [2.24, 2.45) is 29.1 Å². The molecular weight excluding hydrogens is 394 g/mol. The Morgan fingerprint density at radius 2 is 1.69 bits per heavy atom. The van der Waals surface area contributed by atoms with Gasteiger partial charge in [-0.2, -0.15) is 0 Å². The van der Waals surface area contributed by atoms with Crippen molar-refractivity contribution in [3.63, 3.8) is 0 Å². The summed E-state index contributed by atoms with van der Waals surface area (Å²) in [6.45, 7) is 2.19. The van der Waals surface area contributed by atoms with Gasteiger partial charge in [-0.05, 0) is 67.5 Å². The Hall–Kier alpha value is -1.97. The highest BCUT2D eigenvalue weighted by molar-refractivity contribution is 5.87. The maximum atomic E-state index is 13.5. The van der Waals surface area contributed by atoms with E-state index in [1.54, 1.807) is 0 Å². The quantitative estimate of drug-likeness (QED) is 0.642. The molecule has 0 aromatic heterocycles. The van der Waals surface area contributed by atoms with Crippen LogP contribution in [0.4, 0.5) is 0 Å². The van der Waals surface area contributed by atoms with Gasteiger partial charge in [0, 0.05) is 31.4 Å². The first kappa shape index (κ1) is 20.6. The lowest BCUT2D eigenvalue weighted by Crippen LogP contribution is -2.44. The van der Waals surface area contributed by atoms with Crippen molar-refractivity contribution in [3.8, 4) is 0 Å². The lowest BCUT2D eigenvalue weighted by atomic mass is 9.63. The first-order valence-electron chi connectivity index (χ1n) is 12.6. The molecule has 3 nitrogen and oxygen atoms in total. The van der Waals surface area contributed by atoms with E-state index in [-0.39, 0.29) is 17.6 Å². The first-order chi connectivity index (χ1) is 15.7. The Balaban J connectivity index is 1.33. The summed E-state index contributed by atoms with van der Waals surface area (Å²) in [4.78, 5) is 16.2. The molecular formula is C29H35NO2. The maximum absolute atomic E-state index is 13.5. The molecule has 1 saturated heterocycles. The van der Waals surface area contributed by atoms with E-state index in [9.17, 15) is 4.79 Å². The SMILES string of the molecule is COC1C[C@@H]2CCCC(=O)[C@@]23C[C@@H]2CN(C(c4ccccc4)c4ccccc4)CC[C@@H]2[C@@H]13. The number of hydrogen-bond acceptors (Lipinski definition) is 3. The maximum Gasteiger partial charge on any atom is 0.139 e. The van der Waals surface area contributed by atoms with Crippen molar-refractivity contribution < 1.29 is 9.53 Å². The van der Waals surface area contributed by atoms with Crippen molar-refractivity contribution in [2.75, 3.05) is 20.2 Å². The van der Waals surface area contributed by atoms with Crippen molar-refractivity contribution >= 4 is 5.78 Å². The van der Waals surface area contributed by atoms with Gasteiger partial charge in [-0.25, -0.2) is 0 Å². The number of ketones is 1. The summed E-state index contributed by atoms with van der Waals surface area (Å²) in [7, 11) is 1.88. The average molecular weight is 430 g/mol. The van der Waals surface area contributed by atoms with Crippen LogP contribution in [0.2, 0.25) is 0 Å². The second-order valence-electron chi connectivity index (χ2n) is 10.7. The van der Waals surface area contributed by atoms with Gasteiger partial charge in [-0.3, -0.25) is 9.69 Å². The zero-order chi connectivity index (χ0) is 21.7. The van der Waals surface area contributed by atoms with Crippen LogP contribution in [-0.4, -0.2) is 37.0 Å². The molecule has 0 N–H and O–H groups in total. The molecule has 1 spiro atoms. The fraction of sp³-hybridized carbons (Fsp3) is 0.552. The molecule has 2 aromatic rings.